The molecule has 3 aromatic carbocycles. The normalized spacial score (nSPS) is 11.7. The molecule has 0 heterocycles. The smallest absolute Gasteiger partial charge is 0.408 e. The predicted molar refractivity (Wildman–Crippen MR) is 422 cm³/mol. The highest BCUT2D eigenvalue weighted by Gasteiger charge is 2.29. The first-order valence-electron chi connectivity index (χ1n) is 42.7. The van der Waals surface area contributed by atoms with Gasteiger partial charge in [0.05, 0.1) is 0 Å². The van der Waals surface area contributed by atoms with Gasteiger partial charge in [0.25, 0.3) is 0 Å². The van der Waals surface area contributed by atoms with Gasteiger partial charge in [-0.05, 0) is 184 Å². The van der Waals surface area contributed by atoms with E-state index >= 15 is 0 Å². The average molecular weight is 1320 g/mol. The number of benzene rings is 3. The molecule has 0 radical (unpaired) electrons. The quantitative estimate of drug-likeness (QED) is 0.0416. The second-order valence-corrected chi connectivity index (χ2v) is 30.7. The molecule has 0 aliphatic rings. The van der Waals surface area contributed by atoms with E-state index in [1.54, 1.807) is 33.4 Å². The van der Waals surface area contributed by atoms with E-state index in [0.29, 0.717) is 0 Å². The molecule has 3 nitrogen and oxygen atoms in total. The second-order valence-electron chi connectivity index (χ2n) is 29.7. The maximum absolute atomic E-state index is 7.88. The summed E-state index contributed by atoms with van der Waals surface area (Å²) in [5.41, 5.74) is 14.0. The van der Waals surface area contributed by atoms with Crippen LogP contribution in [0.3, 0.4) is 0 Å². The van der Waals surface area contributed by atoms with E-state index in [1.807, 2.05) is 0 Å². The Hall–Kier alpha value is -2.51. The van der Waals surface area contributed by atoms with Crippen LogP contribution in [0, 0.1) is 0 Å². The van der Waals surface area contributed by atoms with Crippen molar-refractivity contribution >= 4 is 8.60 Å². The molecule has 0 amide bonds. The lowest BCUT2D eigenvalue weighted by molar-refractivity contribution is 0.380. The molecule has 0 spiro atoms. The summed E-state index contributed by atoms with van der Waals surface area (Å²) in [5, 5.41) is 0. The highest BCUT2D eigenvalue weighted by molar-refractivity contribution is 7.43. The van der Waals surface area contributed by atoms with Crippen molar-refractivity contribution in [2.24, 2.45) is 0 Å². The maximum Gasteiger partial charge on any atom is 0.530 e. The van der Waals surface area contributed by atoms with E-state index < -0.39 is 8.60 Å². The van der Waals surface area contributed by atoms with Crippen molar-refractivity contribution in [2.75, 3.05) is 0 Å². The van der Waals surface area contributed by atoms with E-state index in [9.17, 15) is 0 Å². The van der Waals surface area contributed by atoms with Gasteiger partial charge in [-0.3, -0.25) is 0 Å². The van der Waals surface area contributed by atoms with Crippen LogP contribution in [0.2, 0.25) is 0 Å². The Morgan fingerprint density at radius 1 is 0.170 bits per heavy atom. The summed E-state index contributed by atoms with van der Waals surface area (Å²) >= 11 is 0. The molecule has 542 valence electrons. The lowest BCUT2D eigenvalue weighted by atomic mass is 9.89. The Labute approximate surface area is 589 Å². The molecule has 0 aromatic heterocycles. The molecule has 0 saturated heterocycles. The number of aryl methyl sites for hydroxylation is 3. The standard InChI is InChI=1S/C90H159O3P/c1-10-19-28-37-46-55-64-79-73-76-88(85(70-61-52-43-34-25-16-7)82(79)67-58-49-40-31-22-13-4)91-94(92-89-77-74-80(65-56-47-38-29-20-11-2)83(68-59-50-41-32-23-14-5)86(89)71-62-53-44-35-26-17-8)93-90-78-75-81(66-57-48-39-30-21-12-3)84(69-60-51-42-33-24-15-6)87(90)72-63-54-45-36-27-18-9/h73-78H,10-72H2,1-9H3. The molecule has 0 fully saturated rings. The minimum Gasteiger partial charge on any atom is -0.408 e. The van der Waals surface area contributed by atoms with E-state index in [2.05, 4.69) is 98.7 Å². The van der Waals surface area contributed by atoms with Gasteiger partial charge in [0.1, 0.15) is 17.2 Å². The van der Waals surface area contributed by atoms with Crippen molar-refractivity contribution in [3.63, 3.8) is 0 Å². The van der Waals surface area contributed by atoms with Crippen LogP contribution in [-0.4, -0.2) is 0 Å². The summed E-state index contributed by atoms with van der Waals surface area (Å²) in [6.07, 6.45) is 81.2. The van der Waals surface area contributed by atoms with Gasteiger partial charge in [-0.15, -0.1) is 0 Å². The fraction of sp³-hybridized carbons (Fsp3) is 0.800. The monoisotopic (exact) mass is 1320 g/mol. The molecule has 3 aromatic rings. The SMILES string of the molecule is CCCCCCCCc1ccc(OP(Oc2ccc(CCCCCCCC)c(CCCCCCCC)c2CCCCCCCC)Oc2ccc(CCCCCCCC)c(CCCCCCCC)c2CCCCCCCC)c(CCCCCCCC)c1CCCCCCCC. The molecule has 0 atom stereocenters. The molecule has 0 saturated carbocycles. The van der Waals surface area contributed by atoms with Crippen LogP contribution < -0.4 is 13.6 Å². The van der Waals surface area contributed by atoms with Crippen molar-refractivity contribution in [3.8, 4) is 17.2 Å². The lowest BCUT2D eigenvalue weighted by Crippen LogP contribution is -2.11. The lowest BCUT2D eigenvalue weighted by Gasteiger charge is -2.26. The molecule has 3 rings (SSSR count). The van der Waals surface area contributed by atoms with Gasteiger partial charge < -0.3 is 13.6 Å². The van der Waals surface area contributed by atoms with Crippen LogP contribution in [0.5, 0.6) is 17.2 Å². The Morgan fingerprint density at radius 2 is 0.319 bits per heavy atom. The summed E-state index contributed by atoms with van der Waals surface area (Å²) in [6, 6.07) is 14.8. The Balaban J connectivity index is 2.45. The van der Waals surface area contributed by atoms with Gasteiger partial charge in [0.2, 0.25) is 0 Å². The molecular weight excluding hydrogens is 1160 g/mol. The fourth-order valence-electron chi connectivity index (χ4n) is 15.0. The molecule has 0 aliphatic carbocycles. The highest BCUT2D eigenvalue weighted by Crippen LogP contribution is 2.49. The minimum atomic E-state index is -1.91. The molecule has 0 N–H and O–H groups in total. The number of hydrogen-bond acceptors (Lipinski definition) is 3. The first-order valence-corrected chi connectivity index (χ1v) is 43.8. The van der Waals surface area contributed by atoms with Crippen LogP contribution in [0.15, 0.2) is 36.4 Å². The van der Waals surface area contributed by atoms with E-state index in [4.69, 9.17) is 13.6 Å². The maximum atomic E-state index is 7.88. The van der Waals surface area contributed by atoms with Gasteiger partial charge >= 0.3 is 8.60 Å². The molecule has 94 heavy (non-hydrogen) atoms. The third-order valence-corrected chi connectivity index (χ3v) is 22.1. The molecule has 0 bridgehead atoms. The zero-order valence-corrected chi connectivity index (χ0v) is 65.6. The summed E-state index contributed by atoms with van der Waals surface area (Å²) in [5.74, 6) is 3.13. The zero-order chi connectivity index (χ0) is 67.4. The molecule has 0 aliphatic heterocycles. The van der Waals surface area contributed by atoms with Crippen molar-refractivity contribution in [1.82, 2.24) is 0 Å². The predicted octanol–water partition coefficient (Wildman–Crippen LogP) is 31.6. The van der Waals surface area contributed by atoms with E-state index in [1.165, 1.54) is 383 Å². The van der Waals surface area contributed by atoms with Crippen LogP contribution in [0.1, 0.15) is 459 Å². The zero-order valence-electron chi connectivity index (χ0n) is 64.7. The fourth-order valence-corrected chi connectivity index (χ4v) is 16.1. The highest BCUT2D eigenvalue weighted by atomic mass is 31.2. The van der Waals surface area contributed by atoms with Crippen LogP contribution in [-0.2, 0) is 57.8 Å². The Morgan fingerprint density at radius 3 is 0.500 bits per heavy atom. The van der Waals surface area contributed by atoms with Gasteiger partial charge in [0, 0.05) is 0 Å². The number of hydrogen-bond donors (Lipinski definition) is 0. The van der Waals surface area contributed by atoms with Crippen LogP contribution >= 0.6 is 8.60 Å². The van der Waals surface area contributed by atoms with Gasteiger partial charge in [-0.2, -0.15) is 0 Å². The molecule has 0 unspecified atom stereocenters. The van der Waals surface area contributed by atoms with Crippen LogP contribution in [0.25, 0.3) is 0 Å². The van der Waals surface area contributed by atoms with E-state index in [0.717, 1.165) is 55.8 Å². The first kappa shape index (κ1) is 85.7. The van der Waals surface area contributed by atoms with Crippen molar-refractivity contribution < 1.29 is 13.6 Å². The van der Waals surface area contributed by atoms with E-state index in [-0.39, 0.29) is 0 Å². The third-order valence-electron chi connectivity index (χ3n) is 21.1. The van der Waals surface area contributed by atoms with Crippen LogP contribution in [0.4, 0.5) is 0 Å². The minimum absolute atomic E-state index is 1.04. The van der Waals surface area contributed by atoms with Crippen molar-refractivity contribution in [1.29, 1.82) is 0 Å². The van der Waals surface area contributed by atoms with Crippen molar-refractivity contribution in [2.45, 2.75) is 467 Å². The number of rotatable bonds is 69. The van der Waals surface area contributed by atoms with Gasteiger partial charge in [-0.1, -0.05) is 369 Å². The first-order chi connectivity index (χ1) is 46.4. The van der Waals surface area contributed by atoms with Crippen molar-refractivity contribution in [3.05, 3.63) is 86.5 Å². The van der Waals surface area contributed by atoms with Gasteiger partial charge in [0.15, 0.2) is 0 Å². The Bertz CT molecular complexity index is 1930. The molecular formula is C90H159O3P. The third kappa shape index (κ3) is 39.9. The average Bonchev–Trinajstić information content (AvgIpc) is 1.10. The number of unbranched alkanes of at least 4 members (excludes halogenated alkanes) is 45. The summed E-state index contributed by atoms with van der Waals surface area (Å²) in [4.78, 5) is 0. The summed E-state index contributed by atoms with van der Waals surface area (Å²) in [6.45, 7) is 21.2. The second kappa shape index (κ2) is 61.6. The topological polar surface area (TPSA) is 27.7 Å². The largest absolute Gasteiger partial charge is 0.530 e. The molecule has 4 heteroatoms. The Kier molecular flexibility index (Phi) is 56.1. The summed E-state index contributed by atoms with van der Waals surface area (Å²) < 4.78 is 23.6. The summed E-state index contributed by atoms with van der Waals surface area (Å²) in [7, 11) is -1.91. The van der Waals surface area contributed by atoms with Gasteiger partial charge in [-0.25, -0.2) is 0 Å².